The molecule has 0 aliphatic carbocycles. The second-order valence-corrected chi connectivity index (χ2v) is 21.6. The maximum absolute atomic E-state index is 12.9. The number of carbonyl (C=O) groups is 3. The van der Waals surface area contributed by atoms with E-state index in [1.165, 1.54) is 225 Å². The zero-order chi connectivity index (χ0) is 48.2. The smallest absolute Gasteiger partial charge is 0.306 e. The molecule has 0 aromatic carbocycles. The van der Waals surface area contributed by atoms with E-state index < -0.39 is 6.10 Å². The molecular formula is C60H116O6. The first-order valence-corrected chi connectivity index (χ1v) is 29.7. The molecule has 0 aliphatic rings. The highest BCUT2D eigenvalue weighted by Crippen LogP contribution is 2.18. The molecule has 392 valence electrons. The van der Waals surface area contributed by atoms with E-state index in [1.54, 1.807) is 0 Å². The van der Waals surface area contributed by atoms with E-state index in [2.05, 4.69) is 34.6 Å². The fourth-order valence-corrected chi connectivity index (χ4v) is 9.23. The Balaban J connectivity index is 4.29. The molecule has 0 amide bonds. The van der Waals surface area contributed by atoms with Crippen LogP contribution in [0.3, 0.4) is 0 Å². The molecule has 0 unspecified atom stereocenters. The average molecular weight is 934 g/mol. The second kappa shape index (κ2) is 52.8. The van der Waals surface area contributed by atoms with Crippen LogP contribution in [-0.4, -0.2) is 37.2 Å². The van der Waals surface area contributed by atoms with Crippen LogP contribution in [0.4, 0.5) is 0 Å². The van der Waals surface area contributed by atoms with Crippen molar-refractivity contribution in [2.75, 3.05) is 13.2 Å². The van der Waals surface area contributed by atoms with Gasteiger partial charge in [0.25, 0.3) is 0 Å². The predicted octanol–water partition coefficient (Wildman–Crippen LogP) is 19.7. The highest BCUT2D eigenvalue weighted by Gasteiger charge is 2.19. The quantitative estimate of drug-likeness (QED) is 0.0343. The van der Waals surface area contributed by atoms with E-state index in [-0.39, 0.29) is 31.1 Å². The van der Waals surface area contributed by atoms with Crippen LogP contribution in [0.5, 0.6) is 0 Å². The van der Waals surface area contributed by atoms with Crippen molar-refractivity contribution in [3.05, 3.63) is 0 Å². The lowest BCUT2D eigenvalue weighted by atomic mass is 10.0. The first kappa shape index (κ1) is 64.4. The molecule has 0 rings (SSSR count). The van der Waals surface area contributed by atoms with E-state index >= 15 is 0 Å². The van der Waals surface area contributed by atoms with Gasteiger partial charge < -0.3 is 14.2 Å². The topological polar surface area (TPSA) is 78.9 Å². The summed E-state index contributed by atoms with van der Waals surface area (Å²) in [6, 6.07) is 0. The number of hydrogen-bond donors (Lipinski definition) is 0. The summed E-state index contributed by atoms with van der Waals surface area (Å²) in [7, 11) is 0. The third-order valence-corrected chi connectivity index (χ3v) is 13.7. The highest BCUT2D eigenvalue weighted by molar-refractivity contribution is 5.71. The van der Waals surface area contributed by atoms with Crippen molar-refractivity contribution in [2.45, 2.75) is 343 Å². The molecule has 66 heavy (non-hydrogen) atoms. The lowest BCUT2D eigenvalue weighted by Gasteiger charge is -2.18. The van der Waals surface area contributed by atoms with Gasteiger partial charge in [0.1, 0.15) is 13.2 Å². The zero-order valence-corrected chi connectivity index (χ0v) is 45.3. The Morgan fingerprint density at radius 1 is 0.288 bits per heavy atom. The summed E-state index contributed by atoms with van der Waals surface area (Å²) in [6.07, 6.45) is 56.7. The van der Waals surface area contributed by atoms with Gasteiger partial charge in [-0.25, -0.2) is 0 Å². The predicted molar refractivity (Wildman–Crippen MR) is 284 cm³/mol. The lowest BCUT2D eigenvalue weighted by Crippen LogP contribution is -2.30. The fourth-order valence-electron chi connectivity index (χ4n) is 9.23. The standard InChI is InChI=1S/C60H116O6/c1-6-7-8-9-10-11-12-13-14-15-16-17-20-25-30-35-40-45-50-58(61)64-53-57(54-65-59(62)51-46-41-36-31-27-22-24-29-34-39-44-49-56(4)5)66-60(63)52-47-42-37-32-26-21-18-19-23-28-33-38-43-48-55(2)3/h55-57H,6-54H2,1-5H3/t57-/m0/s1. The van der Waals surface area contributed by atoms with Gasteiger partial charge >= 0.3 is 17.9 Å². The molecule has 0 aliphatic heterocycles. The first-order chi connectivity index (χ1) is 32.2. The average Bonchev–Trinajstić information content (AvgIpc) is 3.29. The monoisotopic (exact) mass is 933 g/mol. The molecule has 0 N–H and O–H groups in total. The van der Waals surface area contributed by atoms with Crippen LogP contribution in [-0.2, 0) is 28.6 Å². The van der Waals surface area contributed by atoms with Gasteiger partial charge in [-0.1, -0.05) is 298 Å². The van der Waals surface area contributed by atoms with Gasteiger partial charge in [-0.3, -0.25) is 14.4 Å². The minimum atomic E-state index is -0.763. The van der Waals surface area contributed by atoms with Gasteiger partial charge in [0, 0.05) is 19.3 Å². The van der Waals surface area contributed by atoms with Gasteiger partial charge in [0.05, 0.1) is 0 Å². The van der Waals surface area contributed by atoms with Gasteiger partial charge in [-0.15, -0.1) is 0 Å². The van der Waals surface area contributed by atoms with Crippen molar-refractivity contribution in [3.8, 4) is 0 Å². The minimum absolute atomic E-state index is 0.0625. The second-order valence-electron chi connectivity index (χ2n) is 21.6. The third kappa shape index (κ3) is 53.4. The molecule has 0 saturated carbocycles. The summed E-state index contributed by atoms with van der Waals surface area (Å²) in [5, 5.41) is 0. The molecule has 0 spiro atoms. The Hall–Kier alpha value is -1.59. The molecular weight excluding hydrogens is 817 g/mol. The minimum Gasteiger partial charge on any atom is -0.462 e. The van der Waals surface area contributed by atoms with E-state index in [1.807, 2.05) is 0 Å². The SMILES string of the molecule is CCCCCCCCCCCCCCCCCCCCC(=O)OC[C@@H](COC(=O)CCCCCCCCCCCCCC(C)C)OC(=O)CCCCCCCCCCCCCCCC(C)C. The summed E-state index contributed by atoms with van der Waals surface area (Å²) in [5.74, 6) is 0.827. The Morgan fingerprint density at radius 2 is 0.500 bits per heavy atom. The lowest BCUT2D eigenvalue weighted by molar-refractivity contribution is -0.167. The van der Waals surface area contributed by atoms with Crippen LogP contribution in [0.25, 0.3) is 0 Å². The van der Waals surface area contributed by atoms with Crippen molar-refractivity contribution in [2.24, 2.45) is 11.8 Å². The molecule has 0 bridgehead atoms. The summed E-state index contributed by atoms with van der Waals surface area (Å²) >= 11 is 0. The zero-order valence-electron chi connectivity index (χ0n) is 45.3. The van der Waals surface area contributed by atoms with Gasteiger partial charge in [0.2, 0.25) is 0 Å². The number of carbonyl (C=O) groups excluding carboxylic acids is 3. The van der Waals surface area contributed by atoms with Crippen LogP contribution in [0.1, 0.15) is 336 Å². The Bertz CT molecular complexity index is 1010. The number of rotatable bonds is 54. The number of hydrogen-bond acceptors (Lipinski definition) is 6. The third-order valence-electron chi connectivity index (χ3n) is 13.7. The highest BCUT2D eigenvalue weighted by atomic mass is 16.6. The number of ether oxygens (including phenoxy) is 3. The molecule has 0 aromatic rings. The molecule has 0 fully saturated rings. The van der Waals surface area contributed by atoms with Crippen LogP contribution >= 0.6 is 0 Å². The fraction of sp³-hybridized carbons (Fsp3) is 0.950. The van der Waals surface area contributed by atoms with Gasteiger partial charge in [-0.05, 0) is 31.1 Å². The van der Waals surface area contributed by atoms with Crippen LogP contribution in [0.2, 0.25) is 0 Å². The van der Waals surface area contributed by atoms with Crippen molar-refractivity contribution in [1.82, 2.24) is 0 Å². The molecule has 6 nitrogen and oxygen atoms in total. The Morgan fingerprint density at radius 3 is 0.742 bits per heavy atom. The largest absolute Gasteiger partial charge is 0.462 e. The first-order valence-electron chi connectivity index (χ1n) is 29.7. The van der Waals surface area contributed by atoms with E-state index in [9.17, 15) is 14.4 Å². The van der Waals surface area contributed by atoms with E-state index in [0.717, 1.165) is 69.6 Å². The Labute approximate surface area is 412 Å². The summed E-state index contributed by atoms with van der Waals surface area (Å²) < 4.78 is 16.9. The van der Waals surface area contributed by atoms with Gasteiger partial charge in [-0.2, -0.15) is 0 Å². The van der Waals surface area contributed by atoms with Crippen molar-refractivity contribution >= 4 is 17.9 Å². The summed E-state index contributed by atoms with van der Waals surface area (Å²) in [5.41, 5.74) is 0. The maximum atomic E-state index is 12.9. The molecule has 6 heteroatoms. The molecule has 0 heterocycles. The van der Waals surface area contributed by atoms with Crippen molar-refractivity contribution in [1.29, 1.82) is 0 Å². The maximum Gasteiger partial charge on any atom is 0.306 e. The van der Waals surface area contributed by atoms with E-state index in [0.29, 0.717) is 19.3 Å². The molecule has 0 aromatic heterocycles. The van der Waals surface area contributed by atoms with Crippen molar-refractivity contribution < 1.29 is 28.6 Å². The summed E-state index contributed by atoms with van der Waals surface area (Å²) in [4.78, 5) is 38.2. The van der Waals surface area contributed by atoms with E-state index in [4.69, 9.17) is 14.2 Å². The Kier molecular flexibility index (Phi) is 51.5. The molecule has 0 saturated heterocycles. The normalized spacial score (nSPS) is 12.0. The molecule has 1 atom stereocenters. The van der Waals surface area contributed by atoms with Crippen molar-refractivity contribution in [3.63, 3.8) is 0 Å². The number of esters is 3. The van der Waals surface area contributed by atoms with Crippen LogP contribution < -0.4 is 0 Å². The van der Waals surface area contributed by atoms with Crippen LogP contribution in [0, 0.1) is 11.8 Å². The van der Waals surface area contributed by atoms with Gasteiger partial charge in [0.15, 0.2) is 6.10 Å². The molecule has 0 radical (unpaired) electrons. The number of unbranched alkanes of at least 4 members (excludes halogenated alkanes) is 39. The summed E-state index contributed by atoms with van der Waals surface area (Å²) in [6.45, 7) is 11.4. The van der Waals surface area contributed by atoms with Crippen LogP contribution in [0.15, 0.2) is 0 Å².